The summed E-state index contributed by atoms with van der Waals surface area (Å²) >= 11 is 1.51. The zero-order chi connectivity index (χ0) is 25.1. The van der Waals surface area contributed by atoms with Crippen molar-refractivity contribution in [2.24, 2.45) is 0 Å². The highest BCUT2D eigenvalue weighted by atomic mass is 32.2. The van der Waals surface area contributed by atoms with Crippen LogP contribution in [0.15, 0.2) is 93.4 Å². The van der Waals surface area contributed by atoms with Crippen molar-refractivity contribution in [3.63, 3.8) is 0 Å². The Kier molecular flexibility index (Phi) is 6.55. The summed E-state index contributed by atoms with van der Waals surface area (Å²) in [7, 11) is 0. The minimum Gasteiger partial charge on any atom is -0.326 e. The summed E-state index contributed by atoms with van der Waals surface area (Å²) in [5.74, 6) is -1.55. The second-order valence-corrected chi connectivity index (χ2v) is 9.49. The highest BCUT2D eigenvalue weighted by molar-refractivity contribution is 7.99. The number of nitrogens with zero attached hydrogens (tertiary/aromatic N) is 1. The zero-order valence-electron chi connectivity index (χ0n) is 19.4. The third-order valence-corrected chi connectivity index (χ3v) is 6.78. The Morgan fingerprint density at radius 3 is 2.47 bits per heavy atom. The second-order valence-electron chi connectivity index (χ2n) is 8.37. The van der Waals surface area contributed by atoms with E-state index in [1.165, 1.54) is 11.8 Å². The van der Waals surface area contributed by atoms with Crippen LogP contribution in [0.3, 0.4) is 0 Å². The van der Waals surface area contributed by atoms with Crippen molar-refractivity contribution >= 4 is 46.7 Å². The predicted octanol–water partition coefficient (Wildman–Crippen LogP) is 5.04. The first-order valence-corrected chi connectivity index (χ1v) is 12.2. The molecule has 0 fully saturated rings. The Morgan fingerprint density at radius 2 is 1.69 bits per heavy atom. The van der Waals surface area contributed by atoms with Gasteiger partial charge in [-0.15, -0.1) is 0 Å². The van der Waals surface area contributed by atoms with E-state index >= 15 is 0 Å². The van der Waals surface area contributed by atoms with Crippen molar-refractivity contribution in [2.45, 2.75) is 29.1 Å². The molecule has 1 aliphatic heterocycles. The third kappa shape index (κ3) is 5.16. The molecule has 4 N–H and O–H groups in total. The summed E-state index contributed by atoms with van der Waals surface area (Å²) in [5, 5.41) is 8.58. The minimum atomic E-state index is -0.979. The van der Waals surface area contributed by atoms with Gasteiger partial charge in [-0.3, -0.25) is 19.4 Å². The minimum absolute atomic E-state index is 0.0803. The number of hydrogen-bond donors (Lipinski definition) is 4. The first-order valence-electron chi connectivity index (χ1n) is 11.4. The molecule has 2 heterocycles. The number of aromatic nitrogens is 2. The van der Waals surface area contributed by atoms with Gasteiger partial charge < -0.3 is 16.0 Å². The average Bonchev–Trinajstić information content (AvgIpc) is 2.86. The molecule has 5 rings (SSSR count). The van der Waals surface area contributed by atoms with Crippen LogP contribution in [-0.2, 0) is 9.59 Å². The lowest BCUT2D eigenvalue weighted by Crippen LogP contribution is -2.36. The summed E-state index contributed by atoms with van der Waals surface area (Å²) in [4.78, 5) is 47.8. The lowest BCUT2D eigenvalue weighted by Gasteiger charge is -2.24. The van der Waals surface area contributed by atoms with E-state index < -0.39 is 17.4 Å². The van der Waals surface area contributed by atoms with Gasteiger partial charge in [0.2, 0.25) is 17.8 Å². The molecule has 180 valence electrons. The maximum Gasteiger partial charge on any atom is 0.258 e. The van der Waals surface area contributed by atoms with Crippen LogP contribution >= 0.6 is 11.8 Å². The van der Waals surface area contributed by atoms with Crippen LogP contribution in [0.5, 0.6) is 0 Å². The van der Waals surface area contributed by atoms with Crippen molar-refractivity contribution in [3.05, 3.63) is 100 Å². The molecule has 1 unspecified atom stereocenters. The summed E-state index contributed by atoms with van der Waals surface area (Å²) < 4.78 is 0. The highest BCUT2D eigenvalue weighted by Gasteiger charge is 2.35. The summed E-state index contributed by atoms with van der Waals surface area (Å²) in [6.45, 7) is 1.97. The average molecular weight is 498 g/mol. The van der Waals surface area contributed by atoms with Crippen LogP contribution < -0.4 is 21.5 Å². The van der Waals surface area contributed by atoms with Gasteiger partial charge >= 0.3 is 0 Å². The van der Waals surface area contributed by atoms with E-state index in [0.29, 0.717) is 5.69 Å². The molecule has 36 heavy (non-hydrogen) atoms. The normalized spacial score (nSPS) is 14.5. The van der Waals surface area contributed by atoms with E-state index in [4.69, 9.17) is 0 Å². The number of amides is 2. The molecule has 1 atom stereocenters. The first-order chi connectivity index (χ1) is 17.5. The molecule has 0 radical (unpaired) electrons. The van der Waals surface area contributed by atoms with Gasteiger partial charge in [-0.25, -0.2) is 0 Å². The maximum absolute atomic E-state index is 13.3. The molecule has 1 aliphatic rings. The van der Waals surface area contributed by atoms with Gasteiger partial charge in [0.15, 0.2) is 0 Å². The van der Waals surface area contributed by atoms with Crippen molar-refractivity contribution < 1.29 is 9.59 Å². The molecule has 8 nitrogen and oxygen atoms in total. The van der Waals surface area contributed by atoms with Crippen LogP contribution in [-0.4, -0.2) is 21.8 Å². The third-order valence-electron chi connectivity index (χ3n) is 5.70. The molecule has 0 bridgehead atoms. The number of H-pyrrole nitrogens is 1. The van der Waals surface area contributed by atoms with Gasteiger partial charge in [0.25, 0.3) is 5.56 Å². The van der Waals surface area contributed by atoms with E-state index in [2.05, 4.69) is 25.9 Å². The molecule has 0 saturated heterocycles. The molecule has 3 aromatic carbocycles. The van der Waals surface area contributed by atoms with Crippen molar-refractivity contribution in [2.75, 3.05) is 16.0 Å². The maximum atomic E-state index is 13.3. The molecule has 9 heteroatoms. The largest absolute Gasteiger partial charge is 0.326 e. The number of para-hydroxylation sites is 1. The van der Waals surface area contributed by atoms with Crippen LogP contribution in [0.4, 0.5) is 23.1 Å². The van der Waals surface area contributed by atoms with Crippen LogP contribution in [0, 0.1) is 6.92 Å². The van der Waals surface area contributed by atoms with Crippen LogP contribution in [0.25, 0.3) is 0 Å². The number of fused-ring (bicyclic) bond motifs is 1. The first kappa shape index (κ1) is 23.4. The number of aromatic amines is 1. The summed E-state index contributed by atoms with van der Waals surface area (Å²) in [6.07, 6.45) is -0.150. The molecule has 0 spiro atoms. The Bertz CT molecular complexity index is 1490. The second kappa shape index (κ2) is 10.1. The summed E-state index contributed by atoms with van der Waals surface area (Å²) in [5.41, 5.74) is 2.08. The van der Waals surface area contributed by atoms with Crippen molar-refractivity contribution in [3.8, 4) is 0 Å². The topological polar surface area (TPSA) is 116 Å². The zero-order valence-corrected chi connectivity index (χ0v) is 20.2. The Labute approximate surface area is 211 Å². The highest BCUT2D eigenvalue weighted by Crippen LogP contribution is 2.35. The van der Waals surface area contributed by atoms with Gasteiger partial charge in [-0.05, 0) is 43.3 Å². The van der Waals surface area contributed by atoms with E-state index in [1.54, 1.807) is 6.07 Å². The number of nitrogens with one attached hydrogen (secondary N) is 4. The predicted molar refractivity (Wildman–Crippen MR) is 141 cm³/mol. The van der Waals surface area contributed by atoms with Gasteiger partial charge in [-0.2, -0.15) is 4.98 Å². The van der Waals surface area contributed by atoms with Gasteiger partial charge in [-0.1, -0.05) is 59.8 Å². The number of aryl methyl sites for hydroxylation is 1. The Balaban J connectivity index is 1.41. The Hall–Kier alpha value is -4.37. The van der Waals surface area contributed by atoms with E-state index in [0.717, 1.165) is 21.0 Å². The van der Waals surface area contributed by atoms with Crippen molar-refractivity contribution in [1.29, 1.82) is 0 Å². The molecule has 1 aromatic heterocycles. The molecule has 0 saturated carbocycles. The standard InChI is InChI=1S/C27H23N5O3S/c1-16-11-13-17(14-12-16)28-27-31-24-23(26(35)32-27)19(15-22(33)30-24)25(34)29-20-9-5-6-10-21(20)36-18-7-3-2-4-8-18/h2-14,19H,15H2,1H3,(H,29,34)(H3,28,30,31,32,33,35). The lowest BCUT2D eigenvalue weighted by atomic mass is 9.92. The van der Waals surface area contributed by atoms with Crippen molar-refractivity contribution in [1.82, 2.24) is 9.97 Å². The molecule has 4 aromatic rings. The SMILES string of the molecule is Cc1ccc(Nc2nc3c(c(=O)[nH]2)C(C(=O)Nc2ccccc2Sc2ccccc2)CC(=O)N3)cc1. The fourth-order valence-electron chi connectivity index (χ4n) is 3.92. The number of carbonyl (C=O) groups is 2. The number of benzene rings is 3. The van der Waals surface area contributed by atoms with Gasteiger partial charge in [0.05, 0.1) is 17.2 Å². The number of carbonyl (C=O) groups excluding carboxylic acids is 2. The molecular weight excluding hydrogens is 474 g/mol. The quantitative estimate of drug-likeness (QED) is 0.297. The number of rotatable bonds is 6. The lowest BCUT2D eigenvalue weighted by molar-refractivity contribution is -0.123. The number of anilines is 4. The van der Waals surface area contributed by atoms with E-state index in [-0.39, 0.29) is 29.7 Å². The van der Waals surface area contributed by atoms with Crippen LogP contribution in [0.1, 0.15) is 23.5 Å². The summed E-state index contributed by atoms with van der Waals surface area (Å²) in [6, 6.07) is 24.8. The monoisotopic (exact) mass is 497 g/mol. The smallest absolute Gasteiger partial charge is 0.258 e. The van der Waals surface area contributed by atoms with Gasteiger partial charge in [0, 0.05) is 21.9 Å². The number of hydrogen-bond acceptors (Lipinski definition) is 6. The fraction of sp³-hybridized carbons (Fsp3) is 0.111. The molecule has 0 aliphatic carbocycles. The Morgan fingerprint density at radius 1 is 0.972 bits per heavy atom. The molecule has 2 amide bonds. The van der Waals surface area contributed by atoms with E-state index in [1.807, 2.05) is 79.7 Å². The van der Waals surface area contributed by atoms with Crippen LogP contribution in [0.2, 0.25) is 0 Å². The fourth-order valence-corrected chi connectivity index (χ4v) is 4.85. The van der Waals surface area contributed by atoms with Gasteiger partial charge in [0.1, 0.15) is 5.82 Å². The van der Waals surface area contributed by atoms with E-state index in [9.17, 15) is 14.4 Å². The molecular formula is C27H23N5O3S.